The first-order valence-electron chi connectivity index (χ1n) is 19.3. The second kappa shape index (κ2) is 21.5. The number of piperidine rings is 1. The van der Waals surface area contributed by atoms with E-state index in [-0.39, 0.29) is 24.6 Å². The molecule has 0 unspecified atom stereocenters. The van der Waals surface area contributed by atoms with Gasteiger partial charge in [0.15, 0.2) is 0 Å². The van der Waals surface area contributed by atoms with Crippen molar-refractivity contribution < 1.29 is 18.7 Å². The molecule has 3 heterocycles. The molecule has 2 aromatic carbocycles. The number of esters is 1. The molecule has 0 saturated carbocycles. The van der Waals surface area contributed by atoms with Gasteiger partial charge in [0.05, 0.1) is 17.6 Å². The Morgan fingerprint density at radius 2 is 1.60 bits per heavy atom. The number of hydrogen-bond acceptors (Lipinski definition) is 8. The molecule has 0 N–H and O–H groups in total. The molecule has 4 aromatic rings. The number of unbranched alkanes of at least 4 members (excludes halogenated alkanes) is 5. The van der Waals surface area contributed by atoms with Crippen LogP contribution in [0.3, 0.4) is 0 Å². The van der Waals surface area contributed by atoms with Crippen molar-refractivity contribution in [2.75, 3.05) is 36.7 Å². The van der Waals surface area contributed by atoms with Gasteiger partial charge in [-0.2, -0.15) is 4.98 Å². The molecule has 9 nitrogen and oxygen atoms in total. The summed E-state index contributed by atoms with van der Waals surface area (Å²) in [6.07, 6.45) is 26.7. The van der Waals surface area contributed by atoms with Gasteiger partial charge in [0.1, 0.15) is 5.82 Å². The van der Waals surface area contributed by atoms with Crippen molar-refractivity contribution in [1.82, 2.24) is 19.5 Å². The molecule has 53 heavy (non-hydrogen) atoms. The number of fused-ring (bicyclic) bond motifs is 1. The van der Waals surface area contributed by atoms with Crippen LogP contribution in [0.1, 0.15) is 89.5 Å². The monoisotopic (exact) mass is 722 g/mol. The SMILES string of the molecule is CCC=CCC=CCC=CCCCCCCCC(=O)OCOc1ccnc(N(C)C2CCN(c3nc4ccccc4n3Cc3ccc(F)cc3)CC2)n1. The van der Waals surface area contributed by atoms with Crippen molar-refractivity contribution in [3.63, 3.8) is 0 Å². The van der Waals surface area contributed by atoms with E-state index < -0.39 is 0 Å². The van der Waals surface area contributed by atoms with Crippen molar-refractivity contribution in [3.8, 4) is 5.88 Å². The van der Waals surface area contributed by atoms with Crippen molar-refractivity contribution >= 4 is 28.9 Å². The van der Waals surface area contributed by atoms with Gasteiger partial charge >= 0.3 is 5.97 Å². The number of nitrogens with zero attached hydrogens (tertiary/aromatic N) is 6. The zero-order valence-corrected chi connectivity index (χ0v) is 31.4. The fourth-order valence-corrected chi connectivity index (χ4v) is 6.55. The maximum Gasteiger partial charge on any atom is 0.308 e. The molecular formula is C43H55FN6O3. The third kappa shape index (κ3) is 12.6. The molecule has 2 aromatic heterocycles. The Kier molecular flexibility index (Phi) is 15.9. The predicted octanol–water partition coefficient (Wildman–Crippen LogP) is 9.59. The number of carbonyl (C=O) groups is 1. The maximum atomic E-state index is 13.6. The van der Waals surface area contributed by atoms with Gasteiger partial charge < -0.3 is 23.8 Å². The van der Waals surface area contributed by atoms with Gasteiger partial charge in [-0.15, -0.1) is 0 Å². The summed E-state index contributed by atoms with van der Waals surface area (Å²) in [5, 5.41) is 0. The Bertz CT molecular complexity index is 1780. The fraction of sp³-hybridized carbons (Fsp3) is 0.442. The molecule has 10 heteroatoms. The Balaban J connectivity index is 0.984. The van der Waals surface area contributed by atoms with Crippen molar-refractivity contribution in [1.29, 1.82) is 0 Å². The highest BCUT2D eigenvalue weighted by molar-refractivity contribution is 5.79. The largest absolute Gasteiger partial charge is 0.440 e. The Morgan fingerprint density at radius 3 is 2.40 bits per heavy atom. The van der Waals surface area contributed by atoms with Crippen LogP contribution in [0, 0.1) is 5.82 Å². The second-order valence-electron chi connectivity index (χ2n) is 13.5. The number of halogens is 1. The van der Waals surface area contributed by atoms with Crippen LogP contribution in [0.15, 0.2) is 97.3 Å². The Labute approximate surface area is 314 Å². The molecule has 282 valence electrons. The quantitative estimate of drug-likeness (QED) is 0.0364. The van der Waals surface area contributed by atoms with Gasteiger partial charge in [0, 0.05) is 44.9 Å². The third-order valence-electron chi connectivity index (χ3n) is 9.57. The highest BCUT2D eigenvalue weighted by atomic mass is 19.1. The van der Waals surface area contributed by atoms with E-state index in [1.54, 1.807) is 12.3 Å². The Hall–Kier alpha value is -4.99. The van der Waals surface area contributed by atoms with Crippen LogP contribution in [-0.2, 0) is 16.1 Å². The van der Waals surface area contributed by atoms with Gasteiger partial charge in [-0.1, -0.05) is 86.9 Å². The lowest BCUT2D eigenvalue weighted by molar-refractivity contribution is -0.150. The van der Waals surface area contributed by atoms with E-state index >= 15 is 0 Å². The van der Waals surface area contributed by atoms with Crippen LogP contribution >= 0.6 is 0 Å². The number of allylic oxidation sites excluding steroid dienone is 6. The molecule has 1 aliphatic heterocycles. The summed E-state index contributed by atoms with van der Waals surface area (Å²) in [5.74, 6) is 1.37. The highest BCUT2D eigenvalue weighted by Gasteiger charge is 2.27. The van der Waals surface area contributed by atoms with E-state index in [0.717, 1.165) is 93.4 Å². The first kappa shape index (κ1) is 39.2. The molecule has 5 rings (SSSR count). The summed E-state index contributed by atoms with van der Waals surface area (Å²) >= 11 is 0. The number of hydrogen-bond donors (Lipinski definition) is 0. The molecule has 0 atom stereocenters. The average molecular weight is 723 g/mol. The zero-order chi connectivity index (χ0) is 37.1. The van der Waals surface area contributed by atoms with Crippen molar-refractivity contribution in [2.45, 2.75) is 96.6 Å². The molecule has 0 bridgehead atoms. The lowest BCUT2D eigenvalue weighted by Gasteiger charge is -2.37. The van der Waals surface area contributed by atoms with E-state index in [2.05, 4.69) is 73.8 Å². The van der Waals surface area contributed by atoms with E-state index in [9.17, 15) is 9.18 Å². The van der Waals surface area contributed by atoms with Crippen LogP contribution in [-0.4, -0.2) is 58.5 Å². The van der Waals surface area contributed by atoms with Crippen LogP contribution < -0.4 is 14.5 Å². The molecule has 0 amide bonds. The lowest BCUT2D eigenvalue weighted by atomic mass is 10.0. The number of imidazole rings is 1. The first-order valence-corrected chi connectivity index (χ1v) is 19.3. The number of para-hydroxylation sites is 2. The van der Waals surface area contributed by atoms with Gasteiger partial charge in [-0.3, -0.25) is 4.79 Å². The standard InChI is InChI=1S/C43H55FN6O3/c1-3-4-5-6-7-8-9-10-11-12-13-14-15-16-17-22-41(51)53-34-52-40-27-30-45-42(47-40)48(2)37-28-31-49(32-29-37)43-46-38-20-18-19-21-39(38)50(43)33-35-23-25-36(44)26-24-35/h4-5,7-8,10-11,18-21,23-27,30,37H,3,6,9,12-17,22,28-29,31-34H2,1-2H3. The number of carbonyl (C=O) groups excluding carboxylic acids is 1. The normalized spacial score (nSPS) is 13.9. The number of rotatable bonds is 21. The average Bonchev–Trinajstić information content (AvgIpc) is 3.55. The van der Waals surface area contributed by atoms with Crippen LogP contribution in [0.25, 0.3) is 11.0 Å². The second-order valence-corrected chi connectivity index (χ2v) is 13.5. The summed E-state index contributed by atoms with van der Waals surface area (Å²) in [4.78, 5) is 30.8. The minimum atomic E-state index is -0.254. The van der Waals surface area contributed by atoms with E-state index in [1.165, 1.54) is 25.0 Å². The van der Waals surface area contributed by atoms with Gasteiger partial charge in [-0.25, -0.2) is 14.4 Å². The lowest BCUT2D eigenvalue weighted by Crippen LogP contribution is -2.44. The fourth-order valence-electron chi connectivity index (χ4n) is 6.55. The summed E-state index contributed by atoms with van der Waals surface area (Å²) < 4.78 is 26.8. The molecule has 0 radical (unpaired) electrons. The van der Waals surface area contributed by atoms with Gasteiger partial charge in [-0.05, 0) is 81.2 Å². The number of benzene rings is 2. The zero-order valence-electron chi connectivity index (χ0n) is 31.4. The van der Waals surface area contributed by atoms with Crippen LogP contribution in [0.5, 0.6) is 5.88 Å². The number of aromatic nitrogens is 4. The van der Waals surface area contributed by atoms with E-state index in [4.69, 9.17) is 14.5 Å². The Morgan fingerprint density at radius 1 is 0.887 bits per heavy atom. The number of anilines is 2. The molecule has 0 spiro atoms. The highest BCUT2D eigenvalue weighted by Crippen LogP contribution is 2.28. The maximum absolute atomic E-state index is 13.6. The minimum Gasteiger partial charge on any atom is -0.440 e. The molecular weight excluding hydrogens is 668 g/mol. The van der Waals surface area contributed by atoms with Crippen molar-refractivity contribution in [2.24, 2.45) is 0 Å². The van der Waals surface area contributed by atoms with Crippen molar-refractivity contribution in [3.05, 3.63) is 109 Å². The molecule has 1 saturated heterocycles. The van der Waals surface area contributed by atoms with Crippen LogP contribution in [0.4, 0.5) is 16.3 Å². The molecule has 1 fully saturated rings. The first-order chi connectivity index (χ1) is 26.0. The third-order valence-corrected chi connectivity index (χ3v) is 9.57. The predicted molar refractivity (Wildman–Crippen MR) is 212 cm³/mol. The summed E-state index contributed by atoms with van der Waals surface area (Å²) in [7, 11) is 2.01. The van der Waals surface area contributed by atoms with Crippen LogP contribution in [0.2, 0.25) is 0 Å². The number of ether oxygens (including phenoxy) is 2. The smallest absolute Gasteiger partial charge is 0.308 e. The topological polar surface area (TPSA) is 85.6 Å². The van der Waals surface area contributed by atoms with E-state index in [0.29, 0.717) is 24.8 Å². The molecule has 0 aliphatic carbocycles. The van der Waals surface area contributed by atoms with Gasteiger partial charge in [0.25, 0.3) is 0 Å². The van der Waals surface area contributed by atoms with Gasteiger partial charge in [0.2, 0.25) is 24.6 Å². The van der Waals surface area contributed by atoms with E-state index in [1.807, 2.05) is 37.4 Å². The summed E-state index contributed by atoms with van der Waals surface area (Å²) in [5.41, 5.74) is 3.03. The summed E-state index contributed by atoms with van der Waals surface area (Å²) in [6, 6.07) is 16.7. The minimum absolute atomic E-state index is 0.173. The summed E-state index contributed by atoms with van der Waals surface area (Å²) in [6.45, 7) is 4.23. The molecule has 1 aliphatic rings.